The van der Waals surface area contributed by atoms with Gasteiger partial charge < -0.3 is 5.73 Å². The number of hydrogen-bond donors (Lipinski definition) is 1. The van der Waals surface area contributed by atoms with Crippen molar-refractivity contribution in [3.05, 3.63) is 191 Å². The van der Waals surface area contributed by atoms with Crippen molar-refractivity contribution in [2.45, 2.75) is 27.7 Å². The molecule has 52 heavy (non-hydrogen) atoms. The first-order valence-electron chi connectivity index (χ1n) is 16.8. The fraction of sp³-hybridized carbons (Fsp3) is 0.0909. The zero-order chi connectivity index (χ0) is 36.9. The topological polar surface area (TPSA) is 81.5 Å². The molecule has 8 heteroatoms. The molecular weight excluding hydrogens is 683 g/mol. The minimum absolute atomic E-state index is 0.310. The van der Waals surface area contributed by atoms with E-state index in [0.29, 0.717) is 10.3 Å². The Balaban J connectivity index is 0.000000168. The zero-order valence-corrected chi connectivity index (χ0v) is 31.1. The number of rotatable bonds is 6. The molecule has 1 aromatic heterocycles. The van der Waals surface area contributed by atoms with E-state index >= 15 is 0 Å². The van der Waals surface area contributed by atoms with Gasteiger partial charge in [-0.25, -0.2) is 0 Å². The van der Waals surface area contributed by atoms with Crippen LogP contribution in [0.1, 0.15) is 33.4 Å². The smallest absolute Gasteiger partial charge is 0.168 e. The number of halogens is 2. The van der Waals surface area contributed by atoms with E-state index in [4.69, 9.17) is 28.9 Å². The first-order valence-corrected chi connectivity index (χ1v) is 17.5. The number of benzene rings is 6. The molecule has 6 nitrogen and oxygen atoms in total. The van der Waals surface area contributed by atoms with Gasteiger partial charge in [-0.3, -0.25) is 4.57 Å². The summed E-state index contributed by atoms with van der Waals surface area (Å²) >= 11 is 12.0. The standard InChI is InChI=1S/C22H19N3.C14H10Cl2N2.C8H11N/c1-16-10-9-11-17(2)20(16)25-21(18-12-5-3-6-13-18)23-24-22(25)19-14-7-4-8-15-19;15-13(11-7-3-1-4-8-11)17-18-14(16)12-9-5-2-6-10-12;1-6-4-3-5-7(2)8(6)9/h3-15H,1-2H3;1-10H;3-5H,9H2,1-2H3/b;17-13-,18-14-;. The number of nitrogen functional groups attached to an aromatic ring is 1. The van der Waals surface area contributed by atoms with E-state index in [1.54, 1.807) is 0 Å². The molecule has 0 radical (unpaired) electrons. The van der Waals surface area contributed by atoms with Crippen LogP contribution in [-0.2, 0) is 0 Å². The van der Waals surface area contributed by atoms with Gasteiger partial charge in [0, 0.05) is 27.9 Å². The van der Waals surface area contributed by atoms with Crippen LogP contribution in [0.5, 0.6) is 0 Å². The molecule has 0 aliphatic heterocycles. The van der Waals surface area contributed by atoms with Crippen molar-refractivity contribution >= 4 is 39.2 Å². The fourth-order valence-corrected chi connectivity index (χ4v) is 5.71. The molecule has 7 aromatic rings. The van der Waals surface area contributed by atoms with Crippen molar-refractivity contribution in [1.29, 1.82) is 0 Å². The quantitative estimate of drug-likeness (QED) is 0.105. The molecule has 0 spiro atoms. The van der Waals surface area contributed by atoms with Crippen LogP contribution in [0.15, 0.2) is 168 Å². The molecule has 0 unspecified atom stereocenters. The van der Waals surface area contributed by atoms with Crippen molar-refractivity contribution in [3.8, 4) is 28.5 Å². The van der Waals surface area contributed by atoms with Gasteiger partial charge in [0.25, 0.3) is 0 Å². The van der Waals surface area contributed by atoms with Gasteiger partial charge in [0.15, 0.2) is 22.0 Å². The third kappa shape index (κ3) is 9.69. The fourth-order valence-electron chi connectivity index (χ4n) is 5.38. The molecule has 6 aromatic carbocycles. The maximum absolute atomic E-state index is 6.02. The van der Waals surface area contributed by atoms with Crippen LogP contribution in [-0.4, -0.2) is 25.1 Å². The molecule has 0 fully saturated rings. The molecule has 0 amide bonds. The van der Waals surface area contributed by atoms with Gasteiger partial charge in [-0.2, -0.15) is 0 Å². The monoisotopic (exact) mass is 722 g/mol. The van der Waals surface area contributed by atoms with Crippen LogP contribution in [0.2, 0.25) is 0 Å². The SMILES string of the molecule is Cc1cccc(C)c1-n1c(-c2ccccc2)nnc1-c1ccccc1.Cc1cccc(C)c1N.Cl/C(=N\N=C(/Cl)c1ccccc1)c1ccccc1. The molecule has 1 heterocycles. The Hall–Kier alpha value is -5.82. The normalized spacial score (nSPS) is 11.2. The molecule has 0 saturated carbocycles. The second-order valence-corrected chi connectivity index (χ2v) is 12.7. The van der Waals surface area contributed by atoms with Gasteiger partial charge in [-0.1, -0.05) is 181 Å². The predicted molar refractivity (Wildman–Crippen MR) is 220 cm³/mol. The first kappa shape index (κ1) is 37.4. The molecule has 7 rings (SSSR count). The minimum Gasteiger partial charge on any atom is -0.398 e. The maximum Gasteiger partial charge on any atom is 0.168 e. The highest BCUT2D eigenvalue weighted by atomic mass is 35.5. The number of aromatic nitrogens is 3. The molecule has 0 aliphatic carbocycles. The predicted octanol–water partition coefficient (Wildman–Crippen LogP) is 11.4. The molecule has 0 bridgehead atoms. The maximum atomic E-state index is 6.02. The van der Waals surface area contributed by atoms with Gasteiger partial charge in [0.1, 0.15) is 0 Å². The number of para-hydroxylation sites is 2. The van der Waals surface area contributed by atoms with Gasteiger partial charge in [0.05, 0.1) is 5.69 Å². The largest absolute Gasteiger partial charge is 0.398 e. The van der Waals surface area contributed by atoms with Gasteiger partial charge in [-0.15, -0.1) is 20.4 Å². The third-order valence-corrected chi connectivity index (χ3v) is 8.77. The van der Waals surface area contributed by atoms with E-state index in [2.05, 4.69) is 81.3 Å². The Bertz CT molecular complexity index is 2100. The number of anilines is 1. The summed E-state index contributed by atoms with van der Waals surface area (Å²) in [6.45, 7) is 8.29. The highest BCUT2D eigenvalue weighted by Crippen LogP contribution is 2.31. The van der Waals surface area contributed by atoms with E-state index in [0.717, 1.165) is 56.4 Å². The van der Waals surface area contributed by atoms with Gasteiger partial charge >= 0.3 is 0 Å². The van der Waals surface area contributed by atoms with Crippen LogP contribution < -0.4 is 5.73 Å². The molecule has 260 valence electrons. The molecule has 0 saturated heterocycles. The van der Waals surface area contributed by atoms with Crippen molar-refractivity contribution in [3.63, 3.8) is 0 Å². The number of nitrogens with zero attached hydrogens (tertiary/aromatic N) is 5. The van der Waals surface area contributed by atoms with E-state index in [9.17, 15) is 0 Å². The van der Waals surface area contributed by atoms with E-state index in [1.165, 1.54) is 11.1 Å². The van der Waals surface area contributed by atoms with Crippen LogP contribution in [0.3, 0.4) is 0 Å². The summed E-state index contributed by atoms with van der Waals surface area (Å²) < 4.78 is 2.18. The Kier molecular flexibility index (Phi) is 13.3. The number of aryl methyl sites for hydroxylation is 4. The Morgan fingerprint density at radius 1 is 0.462 bits per heavy atom. The first-order chi connectivity index (χ1) is 25.2. The lowest BCUT2D eigenvalue weighted by Crippen LogP contribution is -2.04. The second kappa shape index (κ2) is 18.4. The zero-order valence-electron chi connectivity index (χ0n) is 29.6. The summed E-state index contributed by atoms with van der Waals surface area (Å²) in [5.41, 5.74) is 16.2. The van der Waals surface area contributed by atoms with E-state index < -0.39 is 0 Å². The molecule has 0 aliphatic rings. The summed E-state index contributed by atoms with van der Waals surface area (Å²) in [5.74, 6) is 1.72. The molecule has 2 N–H and O–H groups in total. The van der Waals surface area contributed by atoms with Crippen molar-refractivity contribution in [2.24, 2.45) is 10.2 Å². The highest BCUT2D eigenvalue weighted by molar-refractivity contribution is 6.71. The number of nitrogens with two attached hydrogens (primary N) is 1. The summed E-state index contributed by atoms with van der Waals surface area (Å²) in [5, 5.41) is 17.5. The van der Waals surface area contributed by atoms with Crippen LogP contribution in [0.4, 0.5) is 5.69 Å². The summed E-state index contributed by atoms with van der Waals surface area (Å²) in [4.78, 5) is 0. The Labute approximate surface area is 316 Å². The minimum atomic E-state index is 0.310. The third-order valence-electron chi connectivity index (χ3n) is 8.18. The highest BCUT2D eigenvalue weighted by Gasteiger charge is 2.19. The average molecular weight is 724 g/mol. The van der Waals surface area contributed by atoms with Crippen LogP contribution in [0.25, 0.3) is 28.5 Å². The van der Waals surface area contributed by atoms with Crippen molar-refractivity contribution in [2.75, 3.05) is 5.73 Å². The summed E-state index contributed by atoms with van der Waals surface area (Å²) in [6.07, 6.45) is 0. The van der Waals surface area contributed by atoms with Gasteiger partial charge in [0.2, 0.25) is 0 Å². The Morgan fingerprint density at radius 2 is 0.788 bits per heavy atom. The lowest BCUT2D eigenvalue weighted by atomic mass is 10.1. The van der Waals surface area contributed by atoms with E-state index in [-0.39, 0.29) is 0 Å². The summed E-state index contributed by atoms with van der Waals surface area (Å²) in [7, 11) is 0. The van der Waals surface area contributed by atoms with Crippen molar-refractivity contribution in [1.82, 2.24) is 14.8 Å². The lowest BCUT2D eigenvalue weighted by molar-refractivity contribution is 1.04. The Morgan fingerprint density at radius 3 is 1.13 bits per heavy atom. The summed E-state index contributed by atoms with van der Waals surface area (Å²) in [6, 6.07) is 51.6. The number of hydrogen-bond acceptors (Lipinski definition) is 5. The van der Waals surface area contributed by atoms with Gasteiger partial charge in [-0.05, 0) is 49.9 Å². The second-order valence-electron chi connectivity index (χ2n) is 12.0. The lowest BCUT2D eigenvalue weighted by Gasteiger charge is -2.16. The molecule has 0 atom stereocenters. The molecular formula is C44H40Cl2N6. The average Bonchev–Trinajstić information content (AvgIpc) is 3.62. The van der Waals surface area contributed by atoms with Crippen molar-refractivity contribution < 1.29 is 0 Å². The van der Waals surface area contributed by atoms with Crippen LogP contribution >= 0.6 is 23.2 Å². The van der Waals surface area contributed by atoms with E-state index in [1.807, 2.05) is 129 Å². The van der Waals surface area contributed by atoms with Crippen LogP contribution in [0, 0.1) is 27.7 Å².